The van der Waals surface area contributed by atoms with Gasteiger partial charge in [0.2, 0.25) is 0 Å². The number of aryl methyl sites for hydroxylation is 2. The fraction of sp³-hybridized carbons (Fsp3) is 0.421. The molecule has 0 radical (unpaired) electrons. The second-order valence-corrected chi connectivity index (χ2v) is 6.98. The normalized spacial score (nSPS) is 10.5. The third-order valence-electron chi connectivity index (χ3n) is 3.66. The van der Waals surface area contributed by atoms with Gasteiger partial charge in [0, 0.05) is 22.3 Å². The summed E-state index contributed by atoms with van der Waals surface area (Å²) in [6, 6.07) is 5.86. The number of carbonyl (C=O) groups is 2. The number of hydrogen-bond acceptors (Lipinski definition) is 7. The van der Waals surface area contributed by atoms with Crippen LogP contribution in [0.15, 0.2) is 24.4 Å². The van der Waals surface area contributed by atoms with Crippen molar-refractivity contribution in [3.8, 4) is 10.6 Å². The number of nitrogens with zero attached hydrogens (tertiary/aromatic N) is 2. The van der Waals surface area contributed by atoms with Crippen LogP contribution in [0.2, 0.25) is 0 Å². The Labute approximate surface area is 157 Å². The van der Waals surface area contributed by atoms with Crippen LogP contribution in [0.1, 0.15) is 24.3 Å². The number of benzene rings is 1. The highest BCUT2D eigenvalue weighted by molar-refractivity contribution is 7.14. The molecule has 0 aliphatic carbocycles. The molecule has 26 heavy (non-hydrogen) atoms. The molecule has 0 amide bonds. The Morgan fingerprint density at radius 2 is 1.69 bits per heavy atom. The fourth-order valence-electron chi connectivity index (χ4n) is 2.58. The summed E-state index contributed by atoms with van der Waals surface area (Å²) in [6.07, 6.45) is 1.84. The topological polar surface area (TPSA) is 68.7 Å². The zero-order valence-electron chi connectivity index (χ0n) is 15.6. The van der Waals surface area contributed by atoms with Crippen molar-refractivity contribution >= 4 is 29.0 Å². The van der Waals surface area contributed by atoms with E-state index in [9.17, 15) is 9.59 Å². The van der Waals surface area contributed by atoms with Crippen LogP contribution in [0.3, 0.4) is 0 Å². The molecule has 1 aromatic heterocycles. The predicted octanol–water partition coefficient (Wildman–Crippen LogP) is 3.36. The van der Waals surface area contributed by atoms with E-state index < -0.39 is 0 Å². The van der Waals surface area contributed by atoms with Crippen LogP contribution >= 0.6 is 11.3 Å². The van der Waals surface area contributed by atoms with Gasteiger partial charge in [0.05, 0.1) is 13.2 Å². The molecule has 0 N–H and O–H groups in total. The summed E-state index contributed by atoms with van der Waals surface area (Å²) in [4.78, 5) is 31.1. The highest BCUT2D eigenvalue weighted by Gasteiger charge is 2.19. The van der Waals surface area contributed by atoms with E-state index in [2.05, 4.69) is 4.98 Å². The van der Waals surface area contributed by atoms with Crippen LogP contribution in [0.5, 0.6) is 0 Å². The molecule has 0 bridgehead atoms. The smallest absolute Gasteiger partial charge is 0.325 e. The maximum absolute atomic E-state index is 11.9. The number of carbonyl (C=O) groups excluding carboxylic acids is 2. The Morgan fingerprint density at radius 1 is 1.08 bits per heavy atom. The van der Waals surface area contributed by atoms with Gasteiger partial charge in [0.15, 0.2) is 0 Å². The summed E-state index contributed by atoms with van der Waals surface area (Å²) < 4.78 is 10.1. The minimum atomic E-state index is -0.379. The minimum Gasteiger partial charge on any atom is -0.465 e. The molecular formula is C19H24N2O4S. The lowest BCUT2D eigenvalue weighted by Crippen LogP contribution is -2.36. The Kier molecular flexibility index (Phi) is 7.15. The van der Waals surface area contributed by atoms with Crippen LogP contribution < -0.4 is 4.90 Å². The van der Waals surface area contributed by atoms with Gasteiger partial charge in [-0.2, -0.15) is 0 Å². The maximum atomic E-state index is 11.9. The summed E-state index contributed by atoms with van der Waals surface area (Å²) in [7, 11) is 0. The molecule has 0 aliphatic rings. The third kappa shape index (κ3) is 5.29. The molecule has 0 saturated carbocycles. The Morgan fingerprint density at radius 3 is 2.15 bits per heavy atom. The molecule has 7 heteroatoms. The van der Waals surface area contributed by atoms with E-state index in [4.69, 9.17) is 9.47 Å². The monoisotopic (exact) mass is 376 g/mol. The van der Waals surface area contributed by atoms with Gasteiger partial charge in [-0.25, -0.2) is 4.98 Å². The molecule has 2 rings (SSSR count). The van der Waals surface area contributed by atoms with Crippen molar-refractivity contribution in [2.75, 3.05) is 31.2 Å². The van der Waals surface area contributed by atoms with Crippen molar-refractivity contribution < 1.29 is 19.1 Å². The lowest BCUT2D eigenvalue weighted by atomic mass is 10.1. The van der Waals surface area contributed by atoms with Crippen LogP contribution in [0.4, 0.5) is 5.69 Å². The molecule has 0 fully saturated rings. The van der Waals surface area contributed by atoms with Gasteiger partial charge in [-0.15, -0.1) is 11.3 Å². The molecule has 0 unspecified atom stereocenters. The lowest BCUT2D eigenvalue weighted by Gasteiger charge is -2.24. The number of esters is 2. The lowest BCUT2D eigenvalue weighted by molar-refractivity contribution is -0.142. The van der Waals surface area contributed by atoms with E-state index in [1.807, 2.05) is 38.2 Å². The fourth-order valence-corrected chi connectivity index (χ4v) is 3.34. The average molecular weight is 376 g/mol. The zero-order valence-corrected chi connectivity index (χ0v) is 16.4. The number of ether oxygens (including phenoxy) is 2. The van der Waals surface area contributed by atoms with E-state index >= 15 is 0 Å². The van der Waals surface area contributed by atoms with Gasteiger partial charge in [-0.1, -0.05) is 0 Å². The molecular weight excluding hydrogens is 352 g/mol. The van der Waals surface area contributed by atoms with E-state index in [1.165, 1.54) is 0 Å². The first-order chi connectivity index (χ1) is 12.4. The van der Waals surface area contributed by atoms with Crippen molar-refractivity contribution in [2.45, 2.75) is 27.7 Å². The second kappa shape index (κ2) is 9.33. The molecule has 0 spiro atoms. The predicted molar refractivity (Wildman–Crippen MR) is 103 cm³/mol. The van der Waals surface area contributed by atoms with Crippen molar-refractivity contribution in [3.63, 3.8) is 0 Å². The molecule has 2 aromatic rings. The zero-order chi connectivity index (χ0) is 19.1. The van der Waals surface area contributed by atoms with E-state index in [0.717, 1.165) is 26.7 Å². The van der Waals surface area contributed by atoms with Crippen LogP contribution in [0.25, 0.3) is 10.6 Å². The minimum absolute atomic E-state index is 0.0107. The summed E-state index contributed by atoms with van der Waals surface area (Å²) >= 11 is 1.63. The molecule has 0 saturated heterocycles. The first-order valence-electron chi connectivity index (χ1n) is 8.54. The molecule has 0 atom stereocenters. The average Bonchev–Trinajstić information content (AvgIpc) is 3.01. The van der Waals surface area contributed by atoms with Crippen LogP contribution in [-0.2, 0) is 19.1 Å². The molecule has 1 heterocycles. The van der Waals surface area contributed by atoms with Gasteiger partial charge in [-0.3, -0.25) is 9.59 Å². The number of rotatable bonds is 8. The van der Waals surface area contributed by atoms with Crippen molar-refractivity contribution in [3.05, 3.63) is 34.8 Å². The van der Waals surface area contributed by atoms with Crippen molar-refractivity contribution in [2.24, 2.45) is 0 Å². The summed E-state index contributed by atoms with van der Waals surface area (Å²) in [5, 5.41) is 0.944. The quantitative estimate of drug-likeness (QED) is 0.658. The highest BCUT2D eigenvalue weighted by Crippen LogP contribution is 2.29. The first-order valence-corrected chi connectivity index (χ1v) is 9.35. The van der Waals surface area contributed by atoms with E-state index in [0.29, 0.717) is 13.2 Å². The van der Waals surface area contributed by atoms with E-state index in [1.54, 1.807) is 30.1 Å². The molecule has 1 aromatic carbocycles. The summed E-state index contributed by atoms with van der Waals surface area (Å²) in [5.41, 5.74) is 2.75. The summed E-state index contributed by atoms with van der Waals surface area (Å²) in [6.45, 7) is 8.05. The SMILES string of the molecule is CCOC(=O)CN(CC(=O)OCC)c1ccc(-c2ncc(C)s2)cc1C. The van der Waals surface area contributed by atoms with Crippen molar-refractivity contribution in [1.29, 1.82) is 0 Å². The Balaban J connectivity index is 2.27. The Bertz CT molecular complexity index is 753. The van der Waals surface area contributed by atoms with Gasteiger partial charge in [0.1, 0.15) is 18.1 Å². The number of anilines is 1. The maximum Gasteiger partial charge on any atom is 0.325 e. The highest BCUT2D eigenvalue weighted by atomic mass is 32.1. The third-order valence-corrected chi connectivity index (χ3v) is 4.62. The molecule has 140 valence electrons. The van der Waals surface area contributed by atoms with Crippen LogP contribution in [0, 0.1) is 13.8 Å². The standard InChI is InChI=1S/C19H24N2O4S/c1-5-24-17(22)11-21(12-18(23)25-6-2)16-8-7-15(9-13(16)3)19-20-10-14(4)26-19/h7-10H,5-6,11-12H2,1-4H3. The molecule has 6 nitrogen and oxygen atoms in total. The number of thiazole rings is 1. The number of hydrogen-bond donors (Lipinski definition) is 0. The largest absolute Gasteiger partial charge is 0.465 e. The van der Waals surface area contributed by atoms with Gasteiger partial charge in [0.25, 0.3) is 0 Å². The number of aromatic nitrogens is 1. The first kappa shape index (κ1) is 19.9. The van der Waals surface area contributed by atoms with Gasteiger partial charge >= 0.3 is 11.9 Å². The van der Waals surface area contributed by atoms with E-state index in [-0.39, 0.29) is 25.0 Å². The van der Waals surface area contributed by atoms with Gasteiger partial charge in [-0.05, 0) is 51.5 Å². The van der Waals surface area contributed by atoms with Crippen molar-refractivity contribution in [1.82, 2.24) is 4.98 Å². The second-order valence-electron chi connectivity index (χ2n) is 5.74. The summed E-state index contributed by atoms with van der Waals surface area (Å²) in [5.74, 6) is -0.758. The molecule has 0 aliphatic heterocycles. The Hall–Kier alpha value is -2.41. The van der Waals surface area contributed by atoms with Crippen LogP contribution in [-0.4, -0.2) is 43.2 Å². The van der Waals surface area contributed by atoms with Gasteiger partial charge < -0.3 is 14.4 Å².